The lowest BCUT2D eigenvalue weighted by Gasteiger charge is -2.23. The van der Waals surface area contributed by atoms with Crippen molar-refractivity contribution in [3.8, 4) is 0 Å². The predicted molar refractivity (Wildman–Crippen MR) is 114 cm³/mol. The van der Waals surface area contributed by atoms with Crippen LogP contribution in [0.3, 0.4) is 0 Å². The minimum Gasteiger partial charge on any atom is -0.343 e. The van der Waals surface area contributed by atoms with Crippen LogP contribution in [0.1, 0.15) is 47.0 Å². The maximum absolute atomic E-state index is 12.9. The fourth-order valence-corrected chi connectivity index (χ4v) is 5.34. The van der Waals surface area contributed by atoms with Gasteiger partial charge in [0, 0.05) is 44.8 Å². The number of sulfonamides is 1. The second-order valence-electron chi connectivity index (χ2n) is 7.31. The highest BCUT2D eigenvalue weighted by Gasteiger charge is 2.36. The van der Waals surface area contributed by atoms with Gasteiger partial charge in [-0.15, -0.1) is 0 Å². The summed E-state index contributed by atoms with van der Waals surface area (Å²) >= 11 is 0. The second kappa shape index (κ2) is 10.2. The molecule has 7 nitrogen and oxygen atoms in total. The zero-order valence-corrected chi connectivity index (χ0v) is 18.7. The van der Waals surface area contributed by atoms with Crippen molar-refractivity contribution in [2.75, 3.05) is 37.6 Å². The summed E-state index contributed by atoms with van der Waals surface area (Å²) in [6, 6.07) is 6.42. The Labute approximate surface area is 174 Å². The van der Waals surface area contributed by atoms with Crippen molar-refractivity contribution in [3.63, 3.8) is 0 Å². The monoisotopic (exact) mass is 423 g/mol. The van der Waals surface area contributed by atoms with E-state index in [-0.39, 0.29) is 29.0 Å². The van der Waals surface area contributed by atoms with E-state index in [0.29, 0.717) is 38.4 Å². The van der Waals surface area contributed by atoms with Crippen LogP contribution in [0.4, 0.5) is 5.69 Å². The van der Waals surface area contributed by atoms with Crippen molar-refractivity contribution in [1.82, 2.24) is 9.21 Å². The van der Waals surface area contributed by atoms with Gasteiger partial charge in [0.15, 0.2) is 0 Å². The molecule has 1 fully saturated rings. The van der Waals surface area contributed by atoms with Gasteiger partial charge in [0.05, 0.1) is 10.8 Å². The van der Waals surface area contributed by atoms with Crippen molar-refractivity contribution in [1.29, 1.82) is 0 Å². The Balaban J connectivity index is 2.18. The average molecular weight is 424 g/mol. The van der Waals surface area contributed by atoms with Crippen LogP contribution in [0.25, 0.3) is 0 Å². The first-order chi connectivity index (χ1) is 13.8. The predicted octanol–water partition coefficient (Wildman–Crippen LogP) is 2.72. The number of nitrogens with zero attached hydrogens (tertiary/aromatic N) is 3. The quantitative estimate of drug-likeness (QED) is 0.580. The van der Waals surface area contributed by atoms with Gasteiger partial charge in [-0.1, -0.05) is 13.8 Å². The summed E-state index contributed by atoms with van der Waals surface area (Å²) in [4.78, 5) is 28.6. The van der Waals surface area contributed by atoms with E-state index in [1.165, 1.54) is 4.31 Å². The van der Waals surface area contributed by atoms with Gasteiger partial charge in [-0.05, 0) is 51.0 Å². The fraction of sp³-hybridized carbons (Fsp3) is 0.619. The van der Waals surface area contributed by atoms with Gasteiger partial charge in [-0.25, -0.2) is 8.42 Å². The van der Waals surface area contributed by atoms with Crippen molar-refractivity contribution >= 4 is 27.5 Å². The smallest absolute Gasteiger partial charge is 0.243 e. The summed E-state index contributed by atoms with van der Waals surface area (Å²) in [7, 11) is -3.55. The molecule has 0 aromatic heterocycles. The molecule has 1 aliphatic rings. The molecule has 1 atom stereocenters. The van der Waals surface area contributed by atoms with Crippen LogP contribution in [-0.2, 0) is 19.6 Å². The van der Waals surface area contributed by atoms with E-state index in [4.69, 9.17) is 0 Å². The lowest BCUT2D eigenvalue weighted by Crippen LogP contribution is -2.37. The Morgan fingerprint density at radius 3 is 2.07 bits per heavy atom. The van der Waals surface area contributed by atoms with Crippen LogP contribution in [0.15, 0.2) is 29.2 Å². The van der Waals surface area contributed by atoms with Crippen molar-refractivity contribution < 1.29 is 18.0 Å². The average Bonchev–Trinajstić information content (AvgIpc) is 3.10. The first kappa shape index (κ1) is 23.3. The maximum Gasteiger partial charge on any atom is 0.243 e. The molecule has 0 spiro atoms. The number of hydrogen-bond donors (Lipinski definition) is 0. The number of hydrogen-bond acceptors (Lipinski definition) is 4. The highest BCUT2D eigenvalue weighted by molar-refractivity contribution is 7.89. The fourth-order valence-electron chi connectivity index (χ4n) is 3.71. The van der Waals surface area contributed by atoms with E-state index in [0.717, 1.165) is 12.8 Å². The van der Waals surface area contributed by atoms with Crippen LogP contribution in [0.2, 0.25) is 0 Å². The number of benzene rings is 1. The molecule has 162 valence electrons. The Morgan fingerprint density at radius 1 is 1.03 bits per heavy atom. The lowest BCUT2D eigenvalue weighted by molar-refractivity contribution is -0.135. The standard InChI is InChI=1S/C21H33N3O4S/c1-5-13-23(14-6-2)29(27,28)19-11-9-18(10-12-19)24-16-17(15-20(24)25)21(26)22(7-3)8-4/h9-12,17H,5-8,13-16H2,1-4H3/t17-/m1/s1. The van der Waals surface area contributed by atoms with Gasteiger partial charge in [0.2, 0.25) is 21.8 Å². The van der Waals surface area contributed by atoms with E-state index in [2.05, 4.69) is 0 Å². The third-order valence-electron chi connectivity index (χ3n) is 5.28. The van der Waals surface area contributed by atoms with Crippen LogP contribution >= 0.6 is 0 Å². The summed E-state index contributed by atoms with van der Waals surface area (Å²) in [6.45, 7) is 10.3. The minimum atomic E-state index is -3.55. The molecule has 8 heteroatoms. The molecule has 29 heavy (non-hydrogen) atoms. The number of anilines is 1. The first-order valence-corrected chi connectivity index (χ1v) is 11.9. The minimum absolute atomic E-state index is 0.000166. The van der Waals surface area contributed by atoms with E-state index in [9.17, 15) is 18.0 Å². The van der Waals surface area contributed by atoms with Gasteiger partial charge in [-0.3, -0.25) is 9.59 Å². The zero-order chi connectivity index (χ0) is 21.6. The van der Waals surface area contributed by atoms with Gasteiger partial charge >= 0.3 is 0 Å². The molecular formula is C21H33N3O4S. The van der Waals surface area contributed by atoms with Crippen LogP contribution in [0.5, 0.6) is 0 Å². The van der Waals surface area contributed by atoms with Gasteiger partial charge in [0.25, 0.3) is 0 Å². The molecule has 2 amide bonds. The molecule has 0 radical (unpaired) electrons. The third-order valence-corrected chi connectivity index (χ3v) is 7.19. The van der Waals surface area contributed by atoms with Crippen LogP contribution in [-0.4, -0.2) is 62.2 Å². The number of carbonyl (C=O) groups is 2. The molecule has 0 aliphatic carbocycles. The molecule has 2 rings (SSSR count). The van der Waals surface area contributed by atoms with Crippen molar-refractivity contribution in [2.24, 2.45) is 5.92 Å². The lowest BCUT2D eigenvalue weighted by atomic mass is 10.1. The Hall–Kier alpha value is -1.93. The summed E-state index contributed by atoms with van der Waals surface area (Å²) < 4.78 is 27.3. The summed E-state index contributed by atoms with van der Waals surface area (Å²) in [6.07, 6.45) is 1.69. The third kappa shape index (κ3) is 5.17. The number of carbonyl (C=O) groups excluding carboxylic acids is 2. The molecule has 0 saturated carbocycles. The van der Waals surface area contributed by atoms with Crippen molar-refractivity contribution in [3.05, 3.63) is 24.3 Å². The highest BCUT2D eigenvalue weighted by atomic mass is 32.2. The van der Waals surface area contributed by atoms with Gasteiger partial charge in [-0.2, -0.15) is 4.31 Å². The second-order valence-corrected chi connectivity index (χ2v) is 9.25. The number of rotatable bonds is 10. The maximum atomic E-state index is 12.9. The largest absolute Gasteiger partial charge is 0.343 e. The normalized spacial score (nSPS) is 17.2. The molecule has 1 aromatic rings. The summed E-state index contributed by atoms with van der Waals surface area (Å²) in [5, 5.41) is 0. The number of amides is 2. The van der Waals surface area contributed by atoms with E-state index >= 15 is 0 Å². The topological polar surface area (TPSA) is 78.0 Å². The first-order valence-electron chi connectivity index (χ1n) is 10.5. The Morgan fingerprint density at radius 2 is 1.59 bits per heavy atom. The molecule has 1 heterocycles. The van der Waals surface area contributed by atoms with Crippen molar-refractivity contribution in [2.45, 2.75) is 51.9 Å². The van der Waals surface area contributed by atoms with Crippen LogP contribution < -0.4 is 4.90 Å². The molecule has 1 aliphatic heterocycles. The summed E-state index contributed by atoms with van der Waals surface area (Å²) in [5.41, 5.74) is 0.626. The van der Waals surface area contributed by atoms with E-state index in [1.54, 1.807) is 34.1 Å². The molecule has 1 aromatic carbocycles. The summed E-state index contributed by atoms with van der Waals surface area (Å²) in [5.74, 6) is -0.458. The zero-order valence-electron chi connectivity index (χ0n) is 17.9. The SMILES string of the molecule is CCCN(CCC)S(=O)(=O)c1ccc(N2C[C@H](C(=O)N(CC)CC)CC2=O)cc1. The molecule has 0 unspecified atom stereocenters. The molecule has 0 bridgehead atoms. The van der Waals surface area contributed by atoms with Gasteiger partial charge < -0.3 is 9.80 Å². The van der Waals surface area contributed by atoms with Crippen LogP contribution in [0, 0.1) is 5.92 Å². The highest BCUT2D eigenvalue weighted by Crippen LogP contribution is 2.28. The Bertz CT molecular complexity index is 798. The molecule has 0 N–H and O–H groups in total. The Kier molecular flexibility index (Phi) is 8.22. The van der Waals surface area contributed by atoms with E-state index < -0.39 is 10.0 Å². The molecular weight excluding hydrogens is 390 g/mol. The van der Waals surface area contributed by atoms with E-state index in [1.807, 2.05) is 27.7 Å². The molecule has 1 saturated heterocycles. The van der Waals surface area contributed by atoms with Gasteiger partial charge in [0.1, 0.15) is 0 Å².